The summed E-state index contributed by atoms with van der Waals surface area (Å²) in [6.07, 6.45) is 9.49. The van der Waals surface area contributed by atoms with Crippen LogP contribution in [0, 0.1) is 5.92 Å². The summed E-state index contributed by atoms with van der Waals surface area (Å²) in [4.78, 5) is 0. The van der Waals surface area contributed by atoms with E-state index in [0.717, 1.165) is 37.6 Å². The summed E-state index contributed by atoms with van der Waals surface area (Å²) >= 11 is 0. The van der Waals surface area contributed by atoms with Gasteiger partial charge in [-0.1, -0.05) is 13.0 Å². The Balaban J connectivity index is 1.66. The van der Waals surface area contributed by atoms with E-state index in [1.807, 2.05) is 0 Å². The molecule has 0 aromatic heterocycles. The second kappa shape index (κ2) is 7.02. The van der Waals surface area contributed by atoms with Crippen LogP contribution in [0.25, 0.3) is 0 Å². The van der Waals surface area contributed by atoms with Crippen LogP contribution >= 0.6 is 0 Å². The van der Waals surface area contributed by atoms with E-state index in [-0.39, 0.29) is 0 Å². The molecule has 3 nitrogen and oxygen atoms in total. The van der Waals surface area contributed by atoms with Crippen molar-refractivity contribution in [2.24, 2.45) is 5.92 Å². The molecule has 0 bridgehead atoms. The fraction of sp³-hybridized carbons (Fsp3) is 0.857. The first kappa shape index (κ1) is 12.9. The zero-order chi connectivity index (χ0) is 11.9. The molecule has 98 valence electrons. The van der Waals surface area contributed by atoms with Gasteiger partial charge < -0.3 is 15.4 Å². The average Bonchev–Trinajstić information content (AvgIpc) is 2.98. The minimum atomic E-state index is 0.731. The summed E-state index contributed by atoms with van der Waals surface area (Å²) in [5.74, 6) is 0.859. The zero-order valence-electron chi connectivity index (χ0n) is 10.8. The summed E-state index contributed by atoms with van der Waals surface area (Å²) in [5.41, 5.74) is 0. The molecule has 1 aliphatic heterocycles. The summed E-state index contributed by atoms with van der Waals surface area (Å²) in [6.45, 7) is 6.63. The Morgan fingerprint density at radius 3 is 3.00 bits per heavy atom. The molecule has 0 radical (unpaired) electrons. The zero-order valence-corrected chi connectivity index (χ0v) is 10.8. The molecule has 2 fully saturated rings. The molecular weight excluding hydrogens is 212 g/mol. The van der Waals surface area contributed by atoms with Gasteiger partial charge in [0.05, 0.1) is 12.9 Å². The Morgan fingerprint density at radius 1 is 1.29 bits per heavy atom. The minimum absolute atomic E-state index is 0.731. The van der Waals surface area contributed by atoms with Gasteiger partial charge in [-0.3, -0.25) is 0 Å². The number of hydrogen-bond acceptors (Lipinski definition) is 3. The Morgan fingerprint density at radius 2 is 2.24 bits per heavy atom. The van der Waals surface area contributed by atoms with Crippen LogP contribution in [0.2, 0.25) is 0 Å². The lowest BCUT2D eigenvalue weighted by Gasteiger charge is -2.26. The van der Waals surface area contributed by atoms with Gasteiger partial charge in [0, 0.05) is 12.1 Å². The molecule has 1 saturated carbocycles. The molecule has 1 heterocycles. The summed E-state index contributed by atoms with van der Waals surface area (Å²) in [5, 5.41) is 7.37. The highest BCUT2D eigenvalue weighted by molar-refractivity contribution is 4.93. The topological polar surface area (TPSA) is 33.3 Å². The Bertz CT molecular complexity index is 226. The van der Waals surface area contributed by atoms with E-state index in [1.54, 1.807) is 0 Å². The fourth-order valence-electron chi connectivity index (χ4n) is 3.33. The van der Waals surface area contributed by atoms with Crippen LogP contribution in [0.3, 0.4) is 0 Å². The molecule has 2 aliphatic rings. The molecule has 3 heteroatoms. The minimum Gasteiger partial charge on any atom is -0.502 e. The van der Waals surface area contributed by atoms with Crippen molar-refractivity contribution in [3.05, 3.63) is 12.8 Å². The number of nitrogens with one attached hydrogen (secondary N) is 2. The monoisotopic (exact) mass is 238 g/mol. The Hall–Kier alpha value is -0.540. The third-order valence-electron chi connectivity index (χ3n) is 4.15. The predicted molar refractivity (Wildman–Crippen MR) is 70.9 cm³/mol. The molecule has 2 rings (SSSR count). The van der Waals surface area contributed by atoms with Crippen LogP contribution in [0.4, 0.5) is 0 Å². The second-order valence-electron chi connectivity index (χ2n) is 5.25. The van der Waals surface area contributed by atoms with Gasteiger partial charge in [0.1, 0.15) is 0 Å². The lowest BCUT2D eigenvalue weighted by atomic mass is 9.93. The average molecular weight is 238 g/mol. The highest BCUT2D eigenvalue weighted by Gasteiger charge is 2.34. The number of hydrogen-bond donors (Lipinski definition) is 2. The normalized spacial score (nSPS) is 32.8. The molecule has 2 N–H and O–H groups in total. The number of ether oxygens (including phenoxy) is 1. The first-order valence-electron chi connectivity index (χ1n) is 7.11. The van der Waals surface area contributed by atoms with Crippen molar-refractivity contribution >= 4 is 0 Å². The Labute approximate surface area is 105 Å². The van der Waals surface area contributed by atoms with Crippen LogP contribution in [0.5, 0.6) is 0 Å². The van der Waals surface area contributed by atoms with E-state index in [0.29, 0.717) is 0 Å². The molecule has 1 saturated heterocycles. The maximum atomic E-state index is 5.14. The van der Waals surface area contributed by atoms with Crippen molar-refractivity contribution in [2.45, 2.75) is 50.6 Å². The number of rotatable bonds is 7. The molecule has 0 aromatic rings. The molecule has 0 amide bonds. The third-order valence-corrected chi connectivity index (χ3v) is 4.15. The highest BCUT2D eigenvalue weighted by Crippen LogP contribution is 2.31. The van der Waals surface area contributed by atoms with Crippen LogP contribution in [0.15, 0.2) is 12.8 Å². The van der Waals surface area contributed by atoms with Gasteiger partial charge >= 0.3 is 0 Å². The first-order valence-corrected chi connectivity index (χ1v) is 7.11. The van der Waals surface area contributed by atoms with Crippen molar-refractivity contribution in [3.8, 4) is 0 Å². The van der Waals surface area contributed by atoms with Crippen LogP contribution in [-0.4, -0.2) is 31.8 Å². The van der Waals surface area contributed by atoms with Crippen molar-refractivity contribution in [3.63, 3.8) is 0 Å². The van der Waals surface area contributed by atoms with Crippen LogP contribution < -0.4 is 10.6 Å². The third kappa shape index (κ3) is 3.71. The lowest BCUT2D eigenvalue weighted by molar-refractivity contribution is 0.238. The van der Waals surface area contributed by atoms with Gasteiger partial charge in [-0.15, -0.1) is 0 Å². The van der Waals surface area contributed by atoms with Gasteiger partial charge in [-0.25, -0.2) is 0 Å². The van der Waals surface area contributed by atoms with Crippen molar-refractivity contribution in [2.75, 3.05) is 19.7 Å². The smallest absolute Gasteiger partial charge is 0.0885 e. The van der Waals surface area contributed by atoms with Gasteiger partial charge in [0.2, 0.25) is 0 Å². The van der Waals surface area contributed by atoms with Gasteiger partial charge in [0.25, 0.3) is 0 Å². The SMILES string of the molecule is C=COCCCNC1CCCC1C1CCCN1. The molecule has 0 aromatic carbocycles. The quantitative estimate of drug-likeness (QED) is 0.526. The molecular formula is C14H26N2O. The molecule has 0 spiro atoms. The molecule has 17 heavy (non-hydrogen) atoms. The van der Waals surface area contributed by atoms with Crippen molar-refractivity contribution in [1.82, 2.24) is 10.6 Å². The standard InChI is InChI=1S/C14H26N2O/c1-2-17-11-5-10-16-13-7-3-6-12(13)14-8-4-9-15-14/h2,12-16H,1,3-11H2. The van der Waals surface area contributed by atoms with Gasteiger partial charge in [0.15, 0.2) is 0 Å². The van der Waals surface area contributed by atoms with Crippen LogP contribution in [0.1, 0.15) is 38.5 Å². The van der Waals surface area contributed by atoms with Crippen molar-refractivity contribution < 1.29 is 4.74 Å². The van der Waals surface area contributed by atoms with E-state index in [9.17, 15) is 0 Å². The van der Waals surface area contributed by atoms with Crippen molar-refractivity contribution in [1.29, 1.82) is 0 Å². The van der Waals surface area contributed by atoms with Crippen LogP contribution in [-0.2, 0) is 4.74 Å². The Kier molecular flexibility index (Phi) is 5.33. The van der Waals surface area contributed by atoms with Gasteiger partial charge in [-0.2, -0.15) is 0 Å². The maximum absolute atomic E-state index is 5.14. The lowest BCUT2D eigenvalue weighted by Crippen LogP contribution is -2.42. The maximum Gasteiger partial charge on any atom is 0.0885 e. The van der Waals surface area contributed by atoms with E-state index >= 15 is 0 Å². The van der Waals surface area contributed by atoms with E-state index in [4.69, 9.17) is 4.74 Å². The van der Waals surface area contributed by atoms with E-state index < -0.39 is 0 Å². The summed E-state index contributed by atoms with van der Waals surface area (Å²) in [6, 6.07) is 1.51. The summed E-state index contributed by atoms with van der Waals surface area (Å²) < 4.78 is 5.14. The van der Waals surface area contributed by atoms with E-state index in [1.165, 1.54) is 44.9 Å². The molecule has 1 aliphatic carbocycles. The largest absolute Gasteiger partial charge is 0.502 e. The summed E-state index contributed by atoms with van der Waals surface area (Å²) in [7, 11) is 0. The van der Waals surface area contributed by atoms with E-state index in [2.05, 4.69) is 17.2 Å². The fourth-order valence-corrected chi connectivity index (χ4v) is 3.33. The highest BCUT2D eigenvalue weighted by atomic mass is 16.5. The molecule has 3 unspecified atom stereocenters. The van der Waals surface area contributed by atoms with Gasteiger partial charge in [-0.05, 0) is 51.1 Å². The predicted octanol–water partition coefficient (Wildman–Crippen LogP) is 2.05. The first-order chi connectivity index (χ1) is 8.42. The second-order valence-corrected chi connectivity index (χ2v) is 5.25. The molecule has 3 atom stereocenters.